The van der Waals surface area contributed by atoms with Crippen LogP contribution in [0, 0.1) is 0 Å². The summed E-state index contributed by atoms with van der Waals surface area (Å²) in [6.45, 7) is 3.44. The van der Waals surface area contributed by atoms with Gasteiger partial charge in [0.1, 0.15) is 5.82 Å². The van der Waals surface area contributed by atoms with Gasteiger partial charge in [-0.2, -0.15) is 5.10 Å². The van der Waals surface area contributed by atoms with Crippen LogP contribution in [-0.2, 0) is 18.8 Å². The molecule has 2 heterocycles. The molecule has 7 heteroatoms. The number of hydrogen-bond acceptors (Lipinski definition) is 5. The molecule has 2 N–H and O–H groups in total. The second-order valence-electron chi connectivity index (χ2n) is 4.70. The van der Waals surface area contributed by atoms with E-state index in [9.17, 15) is 0 Å². The van der Waals surface area contributed by atoms with Crippen molar-refractivity contribution in [3.8, 4) is 0 Å². The standard InChI is InChI=1S/C12H18N6S/c1-2-17-7-9(6-14-17)8-19-12-16-15-11(5-13)18(12)10-3-4-10/h6-7,10H,2-5,8,13H2,1H3. The summed E-state index contributed by atoms with van der Waals surface area (Å²) < 4.78 is 4.14. The predicted octanol–water partition coefficient (Wildman–Crippen LogP) is 1.58. The Kier molecular flexibility index (Phi) is 3.56. The molecule has 2 aromatic rings. The molecule has 0 unspecified atom stereocenters. The first-order chi connectivity index (χ1) is 9.31. The lowest BCUT2D eigenvalue weighted by Gasteiger charge is -2.06. The molecule has 3 rings (SSSR count). The molecule has 1 saturated carbocycles. The van der Waals surface area contributed by atoms with Crippen molar-refractivity contribution >= 4 is 11.8 Å². The highest BCUT2D eigenvalue weighted by Crippen LogP contribution is 2.39. The maximum Gasteiger partial charge on any atom is 0.191 e. The SMILES string of the molecule is CCn1cc(CSc2nnc(CN)n2C2CC2)cn1. The molecule has 6 nitrogen and oxygen atoms in total. The predicted molar refractivity (Wildman–Crippen MR) is 73.6 cm³/mol. The number of aromatic nitrogens is 5. The van der Waals surface area contributed by atoms with E-state index in [0.717, 1.165) is 23.3 Å². The normalized spacial score (nSPS) is 15.1. The average molecular weight is 278 g/mol. The van der Waals surface area contributed by atoms with Gasteiger partial charge in [0.15, 0.2) is 5.16 Å². The van der Waals surface area contributed by atoms with Crippen LogP contribution in [0.1, 0.15) is 37.2 Å². The summed E-state index contributed by atoms with van der Waals surface area (Å²) in [5, 5.41) is 13.7. The van der Waals surface area contributed by atoms with E-state index in [0.29, 0.717) is 12.6 Å². The summed E-state index contributed by atoms with van der Waals surface area (Å²) in [4.78, 5) is 0. The monoisotopic (exact) mass is 278 g/mol. The number of rotatable bonds is 6. The van der Waals surface area contributed by atoms with Crippen LogP contribution in [0.2, 0.25) is 0 Å². The first kappa shape index (κ1) is 12.7. The number of nitrogens with zero attached hydrogens (tertiary/aromatic N) is 5. The molecule has 0 saturated heterocycles. The molecule has 2 aromatic heterocycles. The Hall–Kier alpha value is -1.34. The van der Waals surface area contributed by atoms with Crippen molar-refractivity contribution in [2.24, 2.45) is 5.73 Å². The van der Waals surface area contributed by atoms with Gasteiger partial charge in [0, 0.05) is 30.1 Å². The van der Waals surface area contributed by atoms with Crippen LogP contribution >= 0.6 is 11.8 Å². The van der Waals surface area contributed by atoms with Gasteiger partial charge in [-0.15, -0.1) is 10.2 Å². The van der Waals surface area contributed by atoms with Crippen molar-refractivity contribution in [3.63, 3.8) is 0 Å². The van der Waals surface area contributed by atoms with Gasteiger partial charge >= 0.3 is 0 Å². The van der Waals surface area contributed by atoms with Gasteiger partial charge in [-0.25, -0.2) is 0 Å². The van der Waals surface area contributed by atoms with Crippen LogP contribution in [-0.4, -0.2) is 24.5 Å². The smallest absolute Gasteiger partial charge is 0.191 e. The molecule has 102 valence electrons. The molecule has 0 atom stereocenters. The molecule has 0 radical (unpaired) electrons. The van der Waals surface area contributed by atoms with Crippen molar-refractivity contribution in [1.29, 1.82) is 0 Å². The van der Waals surface area contributed by atoms with Crippen molar-refractivity contribution < 1.29 is 0 Å². The van der Waals surface area contributed by atoms with Gasteiger partial charge < -0.3 is 10.3 Å². The molecule has 0 bridgehead atoms. The zero-order valence-corrected chi connectivity index (χ0v) is 11.8. The zero-order chi connectivity index (χ0) is 13.2. The fourth-order valence-electron chi connectivity index (χ4n) is 2.05. The van der Waals surface area contributed by atoms with Crippen LogP contribution in [0.5, 0.6) is 0 Å². The highest BCUT2D eigenvalue weighted by Gasteiger charge is 2.29. The Morgan fingerprint density at radius 2 is 2.26 bits per heavy atom. The molecule has 0 spiro atoms. The van der Waals surface area contributed by atoms with E-state index in [1.165, 1.54) is 18.4 Å². The Balaban J connectivity index is 1.71. The third-order valence-electron chi connectivity index (χ3n) is 3.21. The van der Waals surface area contributed by atoms with Crippen LogP contribution in [0.3, 0.4) is 0 Å². The number of nitrogens with two attached hydrogens (primary N) is 1. The van der Waals surface area contributed by atoms with E-state index >= 15 is 0 Å². The molecule has 0 amide bonds. The molecule has 1 aliphatic carbocycles. The molecular formula is C12H18N6S. The fraction of sp³-hybridized carbons (Fsp3) is 0.583. The minimum Gasteiger partial charge on any atom is -0.324 e. The summed E-state index contributed by atoms with van der Waals surface area (Å²) >= 11 is 1.71. The van der Waals surface area contributed by atoms with Crippen LogP contribution in [0.15, 0.2) is 17.6 Å². The molecular weight excluding hydrogens is 260 g/mol. The van der Waals surface area contributed by atoms with Crippen LogP contribution in [0.25, 0.3) is 0 Å². The van der Waals surface area contributed by atoms with Gasteiger partial charge in [0.2, 0.25) is 0 Å². The summed E-state index contributed by atoms with van der Waals surface area (Å²) in [6.07, 6.45) is 6.42. The quantitative estimate of drug-likeness (QED) is 0.812. The van der Waals surface area contributed by atoms with Gasteiger partial charge in [-0.05, 0) is 19.8 Å². The minimum atomic E-state index is 0.456. The Morgan fingerprint density at radius 3 is 2.89 bits per heavy atom. The van der Waals surface area contributed by atoms with Crippen molar-refractivity contribution in [3.05, 3.63) is 23.8 Å². The minimum absolute atomic E-state index is 0.456. The summed E-state index contributed by atoms with van der Waals surface area (Å²) in [5.74, 6) is 1.77. The molecule has 1 fully saturated rings. The van der Waals surface area contributed by atoms with Crippen molar-refractivity contribution in [2.45, 2.75) is 49.8 Å². The van der Waals surface area contributed by atoms with E-state index in [4.69, 9.17) is 5.73 Å². The first-order valence-corrected chi connectivity index (χ1v) is 7.58. The van der Waals surface area contributed by atoms with E-state index in [2.05, 4.69) is 33.0 Å². The lowest BCUT2D eigenvalue weighted by molar-refractivity contribution is 0.626. The van der Waals surface area contributed by atoms with E-state index < -0.39 is 0 Å². The molecule has 0 aromatic carbocycles. The van der Waals surface area contributed by atoms with Gasteiger partial charge in [-0.1, -0.05) is 11.8 Å². The Labute approximate surface area is 116 Å². The van der Waals surface area contributed by atoms with E-state index in [-0.39, 0.29) is 0 Å². The third-order valence-corrected chi connectivity index (χ3v) is 4.22. The second kappa shape index (κ2) is 5.34. The lowest BCUT2D eigenvalue weighted by Crippen LogP contribution is -2.07. The highest BCUT2D eigenvalue weighted by atomic mass is 32.2. The Bertz CT molecular complexity index is 556. The number of hydrogen-bond donors (Lipinski definition) is 1. The second-order valence-corrected chi connectivity index (χ2v) is 5.64. The highest BCUT2D eigenvalue weighted by molar-refractivity contribution is 7.98. The van der Waals surface area contributed by atoms with E-state index in [1.807, 2.05) is 10.9 Å². The van der Waals surface area contributed by atoms with Crippen LogP contribution in [0.4, 0.5) is 0 Å². The van der Waals surface area contributed by atoms with Gasteiger partial charge in [0.05, 0.1) is 12.7 Å². The average Bonchev–Trinajstić information content (AvgIpc) is 3.03. The third kappa shape index (κ3) is 2.66. The molecule has 19 heavy (non-hydrogen) atoms. The fourth-order valence-corrected chi connectivity index (χ4v) is 2.98. The Morgan fingerprint density at radius 1 is 1.42 bits per heavy atom. The summed E-state index contributed by atoms with van der Waals surface area (Å²) in [6, 6.07) is 0.564. The van der Waals surface area contributed by atoms with Crippen molar-refractivity contribution in [1.82, 2.24) is 24.5 Å². The maximum absolute atomic E-state index is 5.71. The zero-order valence-electron chi connectivity index (χ0n) is 11.0. The topological polar surface area (TPSA) is 74.6 Å². The number of aryl methyl sites for hydroxylation is 1. The van der Waals surface area contributed by atoms with Gasteiger partial charge in [-0.3, -0.25) is 4.68 Å². The van der Waals surface area contributed by atoms with Gasteiger partial charge in [0.25, 0.3) is 0 Å². The lowest BCUT2D eigenvalue weighted by atomic mass is 10.4. The molecule has 1 aliphatic rings. The van der Waals surface area contributed by atoms with E-state index in [1.54, 1.807) is 11.8 Å². The summed E-state index contributed by atoms with van der Waals surface area (Å²) in [7, 11) is 0. The largest absolute Gasteiger partial charge is 0.324 e. The van der Waals surface area contributed by atoms with Crippen molar-refractivity contribution in [2.75, 3.05) is 0 Å². The number of thioether (sulfide) groups is 1. The maximum atomic E-state index is 5.71. The summed E-state index contributed by atoms with van der Waals surface area (Å²) in [5.41, 5.74) is 6.93. The van der Waals surface area contributed by atoms with Crippen LogP contribution < -0.4 is 5.73 Å². The molecule has 0 aliphatic heterocycles. The first-order valence-electron chi connectivity index (χ1n) is 6.59.